The van der Waals surface area contributed by atoms with Crippen LogP contribution in [0.1, 0.15) is 46.9 Å². The highest BCUT2D eigenvalue weighted by Crippen LogP contribution is 2.54. The fourth-order valence-corrected chi connectivity index (χ4v) is 4.24. The van der Waals surface area contributed by atoms with Gasteiger partial charge in [-0.2, -0.15) is 26.3 Å². The molecular formula is C22H20Cl4F6. The lowest BCUT2D eigenvalue weighted by Crippen LogP contribution is -2.39. The van der Waals surface area contributed by atoms with Crippen molar-refractivity contribution in [2.45, 2.75) is 59.5 Å². The molecule has 0 aliphatic carbocycles. The van der Waals surface area contributed by atoms with Crippen LogP contribution in [0.4, 0.5) is 26.3 Å². The molecule has 10 heteroatoms. The first-order chi connectivity index (χ1) is 14.4. The second-order valence-electron chi connectivity index (χ2n) is 7.85. The molecule has 0 radical (unpaired) electrons. The van der Waals surface area contributed by atoms with E-state index in [-0.39, 0.29) is 0 Å². The highest BCUT2D eigenvalue weighted by Gasteiger charge is 2.57. The maximum atomic E-state index is 13.5. The lowest BCUT2D eigenvalue weighted by atomic mass is 9.75. The molecule has 2 atom stereocenters. The molecule has 0 amide bonds. The smallest absolute Gasteiger partial charge is 0.168 e. The van der Waals surface area contributed by atoms with E-state index in [1.807, 2.05) is 0 Å². The van der Waals surface area contributed by atoms with Crippen molar-refractivity contribution in [3.63, 3.8) is 0 Å². The van der Waals surface area contributed by atoms with Gasteiger partial charge in [-0.15, -0.1) is 0 Å². The summed E-state index contributed by atoms with van der Waals surface area (Å²) in [7, 11) is 0. The van der Waals surface area contributed by atoms with Gasteiger partial charge in [0.05, 0.1) is 0 Å². The van der Waals surface area contributed by atoms with E-state index < -0.39 is 45.7 Å². The molecule has 0 heterocycles. The zero-order chi connectivity index (χ0) is 24.5. The van der Waals surface area contributed by atoms with Crippen LogP contribution >= 0.6 is 46.4 Å². The Morgan fingerprint density at radius 3 is 1.19 bits per heavy atom. The summed E-state index contributed by atoms with van der Waals surface area (Å²) in [6.07, 6.45) is -11.8. The van der Waals surface area contributed by atoms with Crippen LogP contribution in [0.2, 0.25) is 0 Å². The van der Waals surface area contributed by atoms with Crippen molar-refractivity contribution in [1.29, 1.82) is 0 Å². The summed E-state index contributed by atoms with van der Waals surface area (Å²) >= 11 is 22.7. The van der Waals surface area contributed by atoms with Gasteiger partial charge in [0.1, 0.15) is 0 Å². The zero-order valence-corrected chi connectivity index (χ0v) is 20.0. The highest BCUT2D eigenvalue weighted by atomic mass is 35.5. The number of benzene rings is 2. The summed E-state index contributed by atoms with van der Waals surface area (Å²) in [4.78, 5) is 0. The third-order valence-electron chi connectivity index (χ3n) is 5.21. The average Bonchev–Trinajstić information content (AvgIpc) is 2.62. The maximum absolute atomic E-state index is 13.5. The van der Waals surface area contributed by atoms with E-state index in [1.165, 1.54) is 12.1 Å². The van der Waals surface area contributed by atoms with E-state index in [0.717, 1.165) is 0 Å². The number of hydrogen-bond acceptors (Lipinski definition) is 0. The van der Waals surface area contributed by atoms with Gasteiger partial charge in [0.15, 0.2) is 0 Å². The van der Waals surface area contributed by atoms with E-state index in [0.29, 0.717) is 22.3 Å². The second kappa shape index (κ2) is 9.81. The maximum Gasteiger partial charge on any atom is 0.421 e. The molecule has 0 spiro atoms. The van der Waals surface area contributed by atoms with E-state index in [2.05, 4.69) is 0 Å². The molecule has 0 aliphatic heterocycles. The number of rotatable bonds is 7. The number of alkyl halides is 10. The third-order valence-corrected chi connectivity index (χ3v) is 6.68. The third kappa shape index (κ3) is 6.62. The normalized spacial score (nSPS) is 15.5. The van der Waals surface area contributed by atoms with Crippen molar-refractivity contribution < 1.29 is 26.3 Å². The highest BCUT2D eigenvalue weighted by molar-refractivity contribution is 6.49. The number of aryl methyl sites for hydroxylation is 2. The Labute approximate surface area is 202 Å². The Balaban J connectivity index is 2.70. The molecule has 32 heavy (non-hydrogen) atoms. The molecule has 0 saturated carbocycles. The minimum atomic E-state index is -5.02. The molecule has 0 nitrogen and oxygen atoms in total. The van der Waals surface area contributed by atoms with Crippen molar-refractivity contribution >= 4 is 46.4 Å². The summed E-state index contributed by atoms with van der Waals surface area (Å²) in [5.74, 6) is -2.35. The summed E-state index contributed by atoms with van der Waals surface area (Å²) in [6, 6.07) is 12.9. The molecule has 0 aromatic heterocycles. The summed E-state index contributed by atoms with van der Waals surface area (Å²) in [5, 5.41) is 0. The van der Waals surface area contributed by atoms with Crippen LogP contribution in [0.3, 0.4) is 0 Å². The predicted octanol–water partition coefficient (Wildman–Crippen LogP) is 9.42. The Hall–Kier alpha value is -0.820. The molecule has 0 fully saturated rings. The topological polar surface area (TPSA) is 0 Å². The molecule has 2 rings (SSSR count). The Bertz CT molecular complexity index is 846. The van der Waals surface area contributed by atoms with Gasteiger partial charge in [-0.05, 0) is 49.7 Å². The quantitative estimate of drug-likeness (QED) is 0.243. The summed E-state index contributed by atoms with van der Waals surface area (Å²) in [6.45, 7) is 3.42. The van der Waals surface area contributed by atoms with E-state index in [1.54, 1.807) is 50.2 Å². The van der Waals surface area contributed by atoms with Crippen LogP contribution in [-0.2, 0) is 0 Å². The van der Waals surface area contributed by atoms with Crippen molar-refractivity contribution in [1.82, 2.24) is 0 Å². The van der Waals surface area contributed by atoms with Gasteiger partial charge < -0.3 is 0 Å². The summed E-state index contributed by atoms with van der Waals surface area (Å²) in [5.41, 5.74) is 2.10. The van der Waals surface area contributed by atoms with Crippen LogP contribution < -0.4 is 0 Å². The second-order valence-corrected chi connectivity index (χ2v) is 10.8. The molecule has 0 saturated heterocycles. The van der Waals surface area contributed by atoms with Gasteiger partial charge in [-0.25, -0.2) is 0 Å². The molecule has 0 bridgehead atoms. The molecule has 2 aromatic carbocycles. The van der Waals surface area contributed by atoms with Gasteiger partial charge in [0.2, 0.25) is 8.67 Å². The van der Waals surface area contributed by atoms with Gasteiger partial charge in [-0.3, -0.25) is 0 Å². The molecule has 2 aromatic rings. The van der Waals surface area contributed by atoms with Crippen molar-refractivity contribution in [3.8, 4) is 0 Å². The molecule has 178 valence electrons. The SMILES string of the molecule is Cc1cccc(C(CC(Cl)(Cl)C(F)(F)F)C(CC(Cl)(Cl)C(F)(F)F)c2cccc(C)c2)c1. The van der Waals surface area contributed by atoms with E-state index in [9.17, 15) is 26.3 Å². The Morgan fingerprint density at radius 1 is 0.625 bits per heavy atom. The number of hydrogen-bond donors (Lipinski definition) is 0. The lowest BCUT2D eigenvalue weighted by molar-refractivity contribution is -0.148. The first kappa shape index (κ1) is 27.4. The van der Waals surface area contributed by atoms with Crippen molar-refractivity contribution in [2.24, 2.45) is 0 Å². The fourth-order valence-electron chi connectivity index (χ4n) is 3.57. The zero-order valence-electron chi connectivity index (χ0n) is 17.0. The van der Waals surface area contributed by atoms with Crippen LogP contribution in [-0.4, -0.2) is 21.0 Å². The van der Waals surface area contributed by atoms with Crippen molar-refractivity contribution in [3.05, 3.63) is 70.8 Å². The van der Waals surface area contributed by atoms with Gasteiger partial charge in [0.25, 0.3) is 0 Å². The largest absolute Gasteiger partial charge is 0.421 e. The Kier molecular flexibility index (Phi) is 8.41. The first-order valence-electron chi connectivity index (χ1n) is 9.47. The van der Waals surface area contributed by atoms with Crippen molar-refractivity contribution in [2.75, 3.05) is 0 Å². The monoisotopic (exact) mass is 538 g/mol. The van der Waals surface area contributed by atoms with Gasteiger partial charge in [-0.1, -0.05) is 106 Å². The van der Waals surface area contributed by atoms with E-state index in [4.69, 9.17) is 46.4 Å². The summed E-state index contributed by atoms with van der Waals surface area (Å²) < 4.78 is 74.9. The molecular weight excluding hydrogens is 520 g/mol. The van der Waals surface area contributed by atoms with Gasteiger partial charge in [0, 0.05) is 0 Å². The van der Waals surface area contributed by atoms with Crippen LogP contribution in [0.15, 0.2) is 48.5 Å². The Morgan fingerprint density at radius 2 is 0.938 bits per heavy atom. The molecule has 0 aliphatic rings. The van der Waals surface area contributed by atoms with Crippen LogP contribution in [0.5, 0.6) is 0 Å². The average molecular weight is 540 g/mol. The minimum Gasteiger partial charge on any atom is -0.168 e. The van der Waals surface area contributed by atoms with Gasteiger partial charge >= 0.3 is 12.4 Å². The molecule has 0 N–H and O–H groups in total. The standard InChI is InChI=1S/C22H20Cl4F6/c1-13-5-3-7-15(9-13)17(11-19(23,24)21(27,28)29)18(12-20(25,26)22(30,31)32)16-8-4-6-14(2)10-16/h3-10,17-18H,11-12H2,1-2H3. The fraction of sp³-hybridized carbons (Fsp3) is 0.455. The van der Waals surface area contributed by atoms with E-state index >= 15 is 0 Å². The van der Waals surface area contributed by atoms with Crippen LogP contribution in [0.25, 0.3) is 0 Å². The van der Waals surface area contributed by atoms with Crippen LogP contribution in [0, 0.1) is 13.8 Å². The predicted molar refractivity (Wildman–Crippen MR) is 118 cm³/mol. The molecule has 2 unspecified atom stereocenters. The minimum absolute atomic E-state index is 0.345. The number of halogens is 10. The lowest BCUT2D eigenvalue weighted by Gasteiger charge is -2.36. The first-order valence-corrected chi connectivity index (χ1v) is 11.0.